The fraction of sp³-hybridized carbons (Fsp3) is 0.444. The average Bonchev–Trinajstić information content (AvgIpc) is 2.14. The van der Waals surface area contributed by atoms with Crippen molar-refractivity contribution in [2.75, 3.05) is 27.2 Å². The van der Waals surface area contributed by atoms with E-state index in [1.807, 2.05) is 19.0 Å². The van der Waals surface area contributed by atoms with Crippen LogP contribution in [0.4, 0.5) is 0 Å². The van der Waals surface area contributed by atoms with Crippen LogP contribution in [0.2, 0.25) is 0 Å². The summed E-state index contributed by atoms with van der Waals surface area (Å²) in [5.41, 5.74) is -0.359. The molecule has 1 aromatic heterocycles. The van der Waals surface area contributed by atoms with Crippen molar-refractivity contribution < 1.29 is 5.11 Å². The van der Waals surface area contributed by atoms with Crippen molar-refractivity contribution in [1.29, 1.82) is 0 Å². The highest BCUT2D eigenvalue weighted by atomic mass is 32.1. The molecule has 0 saturated carbocycles. The number of hydrogen-bond donors (Lipinski definition) is 3. The van der Waals surface area contributed by atoms with Gasteiger partial charge in [-0.3, -0.25) is 14.8 Å². The molecule has 7 heteroatoms. The van der Waals surface area contributed by atoms with Crippen molar-refractivity contribution >= 4 is 18.4 Å². The smallest absolute Gasteiger partial charge is 0.264 e. The van der Waals surface area contributed by atoms with E-state index in [0.29, 0.717) is 6.54 Å². The predicted molar refractivity (Wildman–Crippen MR) is 64.9 cm³/mol. The Morgan fingerprint density at radius 3 is 2.75 bits per heavy atom. The zero-order chi connectivity index (χ0) is 12.1. The predicted octanol–water partition coefficient (Wildman–Crippen LogP) is 0.119. The molecule has 0 radical (unpaired) electrons. The summed E-state index contributed by atoms with van der Waals surface area (Å²) in [7, 11) is 3.86. The van der Waals surface area contributed by atoms with Crippen LogP contribution in [0.15, 0.2) is 9.79 Å². The summed E-state index contributed by atoms with van der Waals surface area (Å²) < 4.78 is 0.0907. The van der Waals surface area contributed by atoms with Crippen LogP contribution < -0.4 is 5.56 Å². The second-order valence-electron chi connectivity index (χ2n) is 3.51. The van der Waals surface area contributed by atoms with Crippen LogP contribution >= 0.6 is 12.2 Å². The van der Waals surface area contributed by atoms with Gasteiger partial charge in [0.1, 0.15) is 5.56 Å². The van der Waals surface area contributed by atoms with Gasteiger partial charge >= 0.3 is 0 Å². The highest BCUT2D eigenvalue weighted by molar-refractivity contribution is 7.71. The first-order valence-corrected chi connectivity index (χ1v) is 5.11. The molecule has 1 rings (SSSR count). The molecule has 0 fully saturated rings. The second kappa shape index (κ2) is 5.57. The van der Waals surface area contributed by atoms with Gasteiger partial charge in [-0.2, -0.15) is 0 Å². The van der Waals surface area contributed by atoms with E-state index in [1.165, 1.54) is 6.21 Å². The molecule has 0 aromatic carbocycles. The first-order chi connectivity index (χ1) is 7.50. The third kappa shape index (κ3) is 3.59. The van der Waals surface area contributed by atoms with E-state index in [1.54, 1.807) is 0 Å². The molecular weight excluding hydrogens is 228 g/mol. The Kier molecular flexibility index (Phi) is 4.39. The van der Waals surface area contributed by atoms with E-state index in [9.17, 15) is 9.90 Å². The van der Waals surface area contributed by atoms with Crippen molar-refractivity contribution in [3.05, 3.63) is 20.7 Å². The van der Waals surface area contributed by atoms with Gasteiger partial charge in [0.05, 0.1) is 6.54 Å². The van der Waals surface area contributed by atoms with Crippen LogP contribution in [0.5, 0.6) is 5.88 Å². The minimum Gasteiger partial charge on any atom is -0.494 e. The molecule has 0 saturated heterocycles. The summed E-state index contributed by atoms with van der Waals surface area (Å²) in [6, 6.07) is 0. The zero-order valence-corrected chi connectivity index (χ0v) is 9.97. The zero-order valence-electron chi connectivity index (χ0n) is 9.15. The van der Waals surface area contributed by atoms with Crippen LogP contribution in [0, 0.1) is 4.77 Å². The Balaban J connectivity index is 2.82. The molecule has 0 aliphatic carbocycles. The van der Waals surface area contributed by atoms with Gasteiger partial charge in [0.2, 0.25) is 5.88 Å². The number of aromatic amines is 2. The van der Waals surface area contributed by atoms with Crippen LogP contribution in [0.3, 0.4) is 0 Å². The van der Waals surface area contributed by atoms with E-state index in [2.05, 4.69) is 15.0 Å². The summed E-state index contributed by atoms with van der Waals surface area (Å²) in [6.07, 6.45) is 1.34. The van der Waals surface area contributed by atoms with Gasteiger partial charge in [0, 0.05) is 12.8 Å². The number of rotatable bonds is 4. The number of aromatic nitrogens is 2. The molecule has 0 spiro atoms. The molecule has 0 atom stereocenters. The van der Waals surface area contributed by atoms with Crippen LogP contribution in [-0.2, 0) is 0 Å². The van der Waals surface area contributed by atoms with Gasteiger partial charge in [-0.1, -0.05) is 0 Å². The number of aliphatic imine (C=N–C) groups is 1. The van der Waals surface area contributed by atoms with Crippen LogP contribution in [0.25, 0.3) is 0 Å². The molecule has 0 bridgehead atoms. The van der Waals surface area contributed by atoms with Gasteiger partial charge in [-0.15, -0.1) is 0 Å². The maximum atomic E-state index is 11.4. The Bertz CT molecular complexity index is 489. The maximum absolute atomic E-state index is 11.4. The van der Waals surface area contributed by atoms with E-state index in [4.69, 9.17) is 12.2 Å². The number of hydrogen-bond acceptors (Lipinski definition) is 5. The Labute approximate surface area is 97.7 Å². The van der Waals surface area contributed by atoms with E-state index >= 15 is 0 Å². The highest BCUT2D eigenvalue weighted by Crippen LogP contribution is 2.03. The molecule has 6 nitrogen and oxygen atoms in total. The van der Waals surface area contributed by atoms with E-state index in [0.717, 1.165) is 6.54 Å². The fourth-order valence-electron chi connectivity index (χ4n) is 1.02. The lowest BCUT2D eigenvalue weighted by Crippen LogP contribution is -2.16. The molecule has 1 heterocycles. The first kappa shape index (κ1) is 12.6. The lowest BCUT2D eigenvalue weighted by molar-refractivity contribution is 0.420. The number of nitrogens with one attached hydrogen (secondary N) is 2. The fourth-order valence-corrected chi connectivity index (χ4v) is 1.21. The monoisotopic (exact) mass is 242 g/mol. The molecule has 0 aliphatic heterocycles. The SMILES string of the molecule is CN(C)CCN=Cc1c(O)[nH]c(=S)[nH]c1=O. The summed E-state index contributed by atoms with van der Waals surface area (Å²) in [4.78, 5) is 22.2. The van der Waals surface area contributed by atoms with Crippen molar-refractivity contribution in [2.24, 2.45) is 4.99 Å². The molecule has 1 aromatic rings. The van der Waals surface area contributed by atoms with Gasteiger partial charge in [-0.25, -0.2) is 0 Å². The van der Waals surface area contributed by atoms with Crippen molar-refractivity contribution in [3.8, 4) is 5.88 Å². The summed E-state index contributed by atoms with van der Waals surface area (Å²) in [6.45, 7) is 1.33. The average molecular weight is 242 g/mol. The summed E-state index contributed by atoms with van der Waals surface area (Å²) in [5.74, 6) is -0.262. The first-order valence-electron chi connectivity index (χ1n) is 4.71. The number of likely N-dealkylation sites (N-methyl/N-ethyl adjacent to an activating group) is 1. The second-order valence-corrected chi connectivity index (χ2v) is 3.92. The van der Waals surface area contributed by atoms with Crippen molar-refractivity contribution in [3.63, 3.8) is 0 Å². The normalized spacial score (nSPS) is 11.4. The minimum atomic E-state index is -0.449. The summed E-state index contributed by atoms with van der Waals surface area (Å²) in [5, 5.41) is 9.44. The molecule has 16 heavy (non-hydrogen) atoms. The van der Waals surface area contributed by atoms with E-state index in [-0.39, 0.29) is 16.2 Å². The lowest BCUT2D eigenvalue weighted by Gasteiger charge is -2.05. The Hall–Kier alpha value is -1.47. The van der Waals surface area contributed by atoms with Gasteiger partial charge in [0.15, 0.2) is 4.77 Å². The largest absolute Gasteiger partial charge is 0.494 e. The number of H-pyrrole nitrogens is 2. The van der Waals surface area contributed by atoms with Crippen molar-refractivity contribution in [2.45, 2.75) is 0 Å². The molecule has 0 amide bonds. The molecular formula is C9H14N4O2S. The van der Waals surface area contributed by atoms with Gasteiger partial charge in [-0.05, 0) is 26.3 Å². The quantitative estimate of drug-likeness (QED) is 0.517. The van der Waals surface area contributed by atoms with E-state index < -0.39 is 5.56 Å². The molecule has 3 N–H and O–H groups in total. The third-order valence-corrected chi connectivity index (χ3v) is 2.06. The summed E-state index contributed by atoms with van der Waals surface area (Å²) >= 11 is 4.69. The van der Waals surface area contributed by atoms with Gasteiger partial charge < -0.3 is 15.0 Å². The van der Waals surface area contributed by atoms with Crippen LogP contribution in [-0.4, -0.2) is 53.4 Å². The van der Waals surface area contributed by atoms with Crippen molar-refractivity contribution in [1.82, 2.24) is 14.9 Å². The molecule has 0 unspecified atom stereocenters. The highest BCUT2D eigenvalue weighted by Gasteiger charge is 2.03. The standard InChI is InChI=1S/C9H14N4O2S/c1-13(2)4-3-10-5-6-7(14)11-9(16)12-8(6)15/h5H,3-4H2,1-2H3,(H3,11,12,14,15,16). The number of nitrogens with zero attached hydrogens (tertiary/aromatic N) is 2. The van der Waals surface area contributed by atoms with Gasteiger partial charge in [0.25, 0.3) is 5.56 Å². The Morgan fingerprint density at radius 2 is 2.19 bits per heavy atom. The molecule has 0 aliphatic rings. The Morgan fingerprint density at radius 1 is 1.50 bits per heavy atom. The third-order valence-electron chi connectivity index (χ3n) is 1.86. The molecule has 88 valence electrons. The lowest BCUT2D eigenvalue weighted by atomic mass is 10.3. The number of aromatic hydroxyl groups is 1. The van der Waals surface area contributed by atoms with Crippen LogP contribution in [0.1, 0.15) is 5.56 Å². The minimum absolute atomic E-state index is 0.0901. The topological polar surface area (TPSA) is 84.5 Å². The maximum Gasteiger partial charge on any atom is 0.264 e.